The van der Waals surface area contributed by atoms with Crippen LogP contribution in [0.1, 0.15) is 11.1 Å². The number of benzene rings is 2. The second-order valence-electron chi connectivity index (χ2n) is 5.60. The molecule has 0 atom stereocenters. The highest BCUT2D eigenvalue weighted by molar-refractivity contribution is 7.86. The van der Waals surface area contributed by atoms with Gasteiger partial charge in [-0.05, 0) is 55.3 Å². The van der Waals surface area contributed by atoms with Crippen molar-refractivity contribution in [2.75, 3.05) is 6.61 Å². The summed E-state index contributed by atoms with van der Waals surface area (Å²) in [4.78, 5) is 0.191. The Morgan fingerprint density at radius 2 is 1.54 bits per heavy atom. The maximum Gasteiger partial charge on any atom is 0.296 e. The van der Waals surface area contributed by atoms with Gasteiger partial charge in [-0.15, -0.1) is 0 Å². The molecule has 3 aromatic rings. The molecule has 0 unspecified atom stereocenters. The normalized spacial score (nSPS) is 11.5. The summed E-state index contributed by atoms with van der Waals surface area (Å²) in [5.41, 5.74) is 3.11. The van der Waals surface area contributed by atoms with Gasteiger partial charge in [0, 0.05) is 18.1 Å². The van der Waals surface area contributed by atoms with Crippen LogP contribution in [0.3, 0.4) is 0 Å². The third kappa shape index (κ3) is 3.93. The van der Waals surface area contributed by atoms with Crippen LogP contribution in [-0.2, 0) is 20.7 Å². The molecule has 0 aliphatic carbocycles. The molecule has 0 radical (unpaired) electrons. The van der Waals surface area contributed by atoms with Crippen molar-refractivity contribution in [2.24, 2.45) is 0 Å². The average Bonchev–Trinajstić information content (AvgIpc) is 3.10. The van der Waals surface area contributed by atoms with Crippen LogP contribution >= 0.6 is 0 Å². The number of hydrogen-bond donors (Lipinski definition) is 0. The molecule has 0 N–H and O–H groups in total. The van der Waals surface area contributed by atoms with Crippen molar-refractivity contribution in [3.63, 3.8) is 0 Å². The van der Waals surface area contributed by atoms with E-state index in [0.29, 0.717) is 6.42 Å². The van der Waals surface area contributed by atoms with E-state index in [0.717, 1.165) is 16.8 Å². The molecule has 0 saturated heterocycles. The van der Waals surface area contributed by atoms with E-state index in [4.69, 9.17) is 4.18 Å². The quantitative estimate of drug-likeness (QED) is 0.642. The molecule has 124 valence electrons. The van der Waals surface area contributed by atoms with Gasteiger partial charge in [0.1, 0.15) is 0 Å². The Morgan fingerprint density at radius 1 is 0.917 bits per heavy atom. The highest BCUT2D eigenvalue weighted by Gasteiger charge is 2.14. The molecule has 0 amide bonds. The lowest BCUT2D eigenvalue weighted by atomic mass is 10.1. The summed E-state index contributed by atoms with van der Waals surface area (Å²) in [5.74, 6) is 0. The second kappa shape index (κ2) is 7.03. The third-order valence-corrected chi connectivity index (χ3v) is 5.10. The Hall–Kier alpha value is -2.37. The average molecular weight is 341 g/mol. The third-order valence-electron chi connectivity index (χ3n) is 3.78. The van der Waals surface area contributed by atoms with E-state index >= 15 is 0 Å². The van der Waals surface area contributed by atoms with Crippen LogP contribution in [-0.4, -0.2) is 19.6 Å². The number of aryl methyl sites for hydroxylation is 1. The lowest BCUT2D eigenvalue weighted by Crippen LogP contribution is -2.09. The molecule has 24 heavy (non-hydrogen) atoms. The van der Waals surface area contributed by atoms with Crippen LogP contribution in [0.25, 0.3) is 5.69 Å². The van der Waals surface area contributed by atoms with Gasteiger partial charge in [-0.25, -0.2) is 0 Å². The minimum Gasteiger partial charge on any atom is -0.324 e. The van der Waals surface area contributed by atoms with Crippen molar-refractivity contribution in [3.05, 3.63) is 84.2 Å². The van der Waals surface area contributed by atoms with Crippen molar-refractivity contribution in [1.29, 1.82) is 0 Å². The number of aromatic nitrogens is 1. The summed E-state index contributed by atoms with van der Waals surface area (Å²) in [7, 11) is -3.69. The van der Waals surface area contributed by atoms with E-state index in [1.54, 1.807) is 24.3 Å². The van der Waals surface area contributed by atoms with Gasteiger partial charge in [0.2, 0.25) is 0 Å². The molecular formula is C19H19NO3S. The minimum absolute atomic E-state index is 0.124. The largest absolute Gasteiger partial charge is 0.324 e. The molecule has 1 aromatic heterocycles. The maximum absolute atomic E-state index is 12.1. The molecule has 0 aliphatic heterocycles. The zero-order chi connectivity index (χ0) is 17.0. The highest BCUT2D eigenvalue weighted by atomic mass is 32.2. The molecule has 0 aliphatic rings. The number of rotatable bonds is 6. The lowest BCUT2D eigenvalue weighted by Gasteiger charge is -2.07. The van der Waals surface area contributed by atoms with Crippen LogP contribution in [0.4, 0.5) is 0 Å². The first kappa shape index (κ1) is 16.5. The molecule has 4 nitrogen and oxygen atoms in total. The first-order valence-corrected chi connectivity index (χ1v) is 9.14. The van der Waals surface area contributed by atoms with Crippen LogP contribution in [0.15, 0.2) is 78.0 Å². The fourth-order valence-corrected chi connectivity index (χ4v) is 3.29. The molecule has 3 rings (SSSR count). The number of hydrogen-bond acceptors (Lipinski definition) is 3. The van der Waals surface area contributed by atoms with Crippen molar-refractivity contribution in [3.8, 4) is 5.69 Å². The molecule has 0 bridgehead atoms. The maximum atomic E-state index is 12.1. The van der Waals surface area contributed by atoms with E-state index in [2.05, 4.69) is 0 Å². The van der Waals surface area contributed by atoms with Crippen LogP contribution < -0.4 is 0 Å². The van der Waals surface area contributed by atoms with E-state index in [1.807, 2.05) is 60.3 Å². The SMILES string of the molecule is Cc1ccc(S(=O)(=O)OCCc2ccc(-n3cccc3)cc2)cc1. The molecule has 5 heteroatoms. The van der Waals surface area contributed by atoms with Crippen LogP contribution in [0.5, 0.6) is 0 Å². The Labute approximate surface area is 142 Å². The highest BCUT2D eigenvalue weighted by Crippen LogP contribution is 2.15. The van der Waals surface area contributed by atoms with Crippen LogP contribution in [0.2, 0.25) is 0 Å². The van der Waals surface area contributed by atoms with Crippen molar-refractivity contribution >= 4 is 10.1 Å². The van der Waals surface area contributed by atoms with Gasteiger partial charge in [0.05, 0.1) is 11.5 Å². The van der Waals surface area contributed by atoms with Crippen molar-refractivity contribution in [2.45, 2.75) is 18.2 Å². The molecule has 2 aromatic carbocycles. The summed E-state index contributed by atoms with van der Waals surface area (Å²) in [6.45, 7) is 2.04. The Balaban J connectivity index is 1.59. The summed E-state index contributed by atoms with van der Waals surface area (Å²) < 4.78 is 31.4. The predicted octanol–water partition coefficient (Wildman–Crippen LogP) is 3.73. The predicted molar refractivity (Wildman–Crippen MR) is 93.8 cm³/mol. The minimum atomic E-state index is -3.69. The summed E-state index contributed by atoms with van der Waals surface area (Å²) >= 11 is 0. The van der Waals surface area contributed by atoms with Gasteiger partial charge in [0.25, 0.3) is 10.1 Å². The topological polar surface area (TPSA) is 48.3 Å². The van der Waals surface area contributed by atoms with Crippen LogP contribution in [0, 0.1) is 6.92 Å². The second-order valence-corrected chi connectivity index (χ2v) is 7.21. The zero-order valence-corrected chi connectivity index (χ0v) is 14.2. The number of nitrogens with zero attached hydrogens (tertiary/aromatic N) is 1. The van der Waals surface area contributed by atoms with Gasteiger partial charge in [0.15, 0.2) is 0 Å². The zero-order valence-electron chi connectivity index (χ0n) is 13.4. The van der Waals surface area contributed by atoms with Crippen molar-refractivity contribution in [1.82, 2.24) is 4.57 Å². The van der Waals surface area contributed by atoms with Gasteiger partial charge in [-0.3, -0.25) is 4.18 Å². The summed E-state index contributed by atoms with van der Waals surface area (Å²) in [6, 6.07) is 18.6. The standard InChI is InChI=1S/C19H19NO3S/c1-16-4-10-19(11-5-16)24(21,22)23-15-12-17-6-8-18(9-7-17)20-13-2-3-14-20/h2-11,13-14H,12,15H2,1H3. The van der Waals surface area contributed by atoms with Gasteiger partial charge >= 0.3 is 0 Å². The molecule has 0 saturated carbocycles. The lowest BCUT2D eigenvalue weighted by molar-refractivity contribution is 0.322. The first-order chi connectivity index (χ1) is 11.5. The Morgan fingerprint density at radius 3 is 2.17 bits per heavy atom. The fourth-order valence-electron chi connectivity index (χ4n) is 2.38. The monoisotopic (exact) mass is 341 g/mol. The van der Waals surface area contributed by atoms with Crippen molar-refractivity contribution < 1.29 is 12.6 Å². The van der Waals surface area contributed by atoms with Gasteiger partial charge in [-0.1, -0.05) is 29.8 Å². The van der Waals surface area contributed by atoms with Gasteiger partial charge < -0.3 is 4.57 Å². The molecular weight excluding hydrogens is 322 g/mol. The molecule has 0 spiro atoms. The van der Waals surface area contributed by atoms with Gasteiger partial charge in [-0.2, -0.15) is 8.42 Å². The smallest absolute Gasteiger partial charge is 0.296 e. The summed E-state index contributed by atoms with van der Waals surface area (Å²) in [5, 5.41) is 0. The first-order valence-electron chi connectivity index (χ1n) is 7.73. The molecule has 1 heterocycles. The summed E-state index contributed by atoms with van der Waals surface area (Å²) in [6.07, 6.45) is 4.50. The molecule has 0 fully saturated rings. The Bertz CT molecular complexity index is 881. The fraction of sp³-hybridized carbons (Fsp3) is 0.158. The Kier molecular flexibility index (Phi) is 4.83. The van der Waals surface area contributed by atoms with E-state index in [9.17, 15) is 8.42 Å². The van der Waals surface area contributed by atoms with E-state index < -0.39 is 10.1 Å². The van der Waals surface area contributed by atoms with E-state index in [-0.39, 0.29) is 11.5 Å². The van der Waals surface area contributed by atoms with E-state index in [1.165, 1.54) is 0 Å².